The fraction of sp³-hybridized carbons (Fsp3) is 0.600. The van der Waals surface area contributed by atoms with Crippen molar-refractivity contribution in [2.75, 3.05) is 16.8 Å². The number of hydrogen-bond acceptors (Lipinski definition) is 3. The van der Waals surface area contributed by atoms with Gasteiger partial charge in [-0.05, 0) is 19.8 Å². The van der Waals surface area contributed by atoms with Gasteiger partial charge in [0.1, 0.15) is 6.33 Å². The smallest absolute Gasteiger partial charge is 0.186 e. The predicted octanol–water partition coefficient (Wildman–Crippen LogP) is 2.29. The number of aromatic nitrogens is 2. The Morgan fingerprint density at radius 2 is 2.27 bits per heavy atom. The summed E-state index contributed by atoms with van der Waals surface area (Å²) in [5.74, 6) is 0.162. The standard InChI is InChI=1S/C10H13BrFN3/c1-7-9(12)10(14-6-13-7)15(5-4-11)8-2-3-8/h6,8H,2-5H2,1H3. The summed E-state index contributed by atoms with van der Waals surface area (Å²) >= 11 is 3.38. The highest BCUT2D eigenvalue weighted by molar-refractivity contribution is 9.09. The molecular formula is C10H13BrFN3. The molecule has 1 aliphatic carbocycles. The first-order chi connectivity index (χ1) is 7.24. The van der Waals surface area contributed by atoms with Crippen molar-refractivity contribution in [2.45, 2.75) is 25.8 Å². The van der Waals surface area contributed by atoms with Gasteiger partial charge in [0.15, 0.2) is 11.6 Å². The third-order valence-corrected chi connectivity index (χ3v) is 2.89. The summed E-state index contributed by atoms with van der Waals surface area (Å²) in [5.41, 5.74) is 0.417. The summed E-state index contributed by atoms with van der Waals surface area (Å²) in [5, 5.41) is 0.825. The molecular weight excluding hydrogens is 261 g/mol. The average molecular weight is 274 g/mol. The van der Waals surface area contributed by atoms with Gasteiger partial charge in [0.25, 0.3) is 0 Å². The Labute approximate surface area is 96.8 Å². The molecule has 3 nitrogen and oxygen atoms in total. The van der Waals surface area contributed by atoms with E-state index in [0.29, 0.717) is 17.6 Å². The van der Waals surface area contributed by atoms with E-state index in [2.05, 4.69) is 25.9 Å². The molecule has 82 valence electrons. The Kier molecular flexibility index (Phi) is 3.19. The molecule has 2 rings (SSSR count). The lowest BCUT2D eigenvalue weighted by molar-refractivity contribution is 0.591. The van der Waals surface area contributed by atoms with Crippen LogP contribution in [0.3, 0.4) is 0 Å². The summed E-state index contributed by atoms with van der Waals surface area (Å²) in [6, 6.07) is 0.464. The Bertz CT molecular complexity index is 355. The highest BCUT2D eigenvalue weighted by Gasteiger charge is 2.31. The molecule has 1 aromatic heterocycles. The van der Waals surface area contributed by atoms with Gasteiger partial charge in [0, 0.05) is 17.9 Å². The molecule has 1 fully saturated rings. The maximum atomic E-state index is 13.8. The first kappa shape index (κ1) is 10.8. The molecule has 0 atom stereocenters. The fourth-order valence-electron chi connectivity index (χ4n) is 1.58. The van der Waals surface area contributed by atoms with Gasteiger partial charge >= 0.3 is 0 Å². The third-order valence-electron chi connectivity index (χ3n) is 2.53. The van der Waals surface area contributed by atoms with Gasteiger partial charge in [-0.25, -0.2) is 14.4 Å². The Morgan fingerprint density at radius 3 is 2.87 bits per heavy atom. The number of anilines is 1. The molecule has 1 heterocycles. The van der Waals surface area contributed by atoms with E-state index >= 15 is 0 Å². The van der Waals surface area contributed by atoms with Gasteiger partial charge in [-0.15, -0.1) is 0 Å². The SMILES string of the molecule is Cc1ncnc(N(CCBr)C2CC2)c1F. The molecule has 15 heavy (non-hydrogen) atoms. The second kappa shape index (κ2) is 4.43. The number of halogens is 2. The van der Waals surface area contributed by atoms with E-state index in [9.17, 15) is 4.39 Å². The van der Waals surface area contributed by atoms with Crippen molar-refractivity contribution in [3.8, 4) is 0 Å². The van der Waals surface area contributed by atoms with Crippen LogP contribution in [0.5, 0.6) is 0 Å². The number of rotatable bonds is 4. The maximum absolute atomic E-state index is 13.8. The van der Waals surface area contributed by atoms with E-state index in [4.69, 9.17) is 0 Å². The third kappa shape index (κ3) is 2.27. The van der Waals surface area contributed by atoms with Crippen LogP contribution in [-0.4, -0.2) is 27.9 Å². The van der Waals surface area contributed by atoms with Crippen LogP contribution in [0, 0.1) is 12.7 Å². The molecule has 0 bridgehead atoms. The van der Waals surface area contributed by atoms with Crippen molar-refractivity contribution in [3.05, 3.63) is 17.8 Å². The topological polar surface area (TPSA) is 29.0 Å². The van der Waals surface area contributed by atoms with Crippen molar-refractivity contribution < 1.29 is 4.39 Å². The number of hydrogen-bond donors (Lipinski definition) is 0. The molecule has 1 aromatic rings. The second-order valence-corrected chi connectivity index (χ2v) is 4.50. The number of nitrogens with zero attached hydrogens (tertiary/aromatic N) is 3. The maximum Gasteiger partial charge on any atom is 0.186 e. The minimum Gasteiger partial charge on any atom is -0.350 e. The molecule has 0 aliphatic heterocycles. The van der Waals surface area contributed by atoms with Crippen LogP contribution < -0.4 is 4.90 Å². The zero-order chi connectivity index (χ0) is 10.8. The van der Waals surface area contributed by atoms with Crippen LogP contribution in [-0.2, 0) is 0 Å². The largest absolute Gasteiger partial charge is 0.350 e. The van der Waals surface area contributed by atoms with Crippen LogP contribution in [0.15, 0.2) is 6.33 Å². The second-order valence-electron chi connectivity index (χ2n) is 3.71. The lowest BCUT2D eigenvalue weighted by Gasteiger charge is -2.22. The molecule has 0 aromatic carbocycles. The van der Waals surface area contributed by atoms with E-state index in [1.54, 1.807) is 6.92 Å². The predicted molar refractivity (Wildman–Crippen MR) is 60.9 cm³/mol. The van der Waals surface area contributed by atoms with Crippen molar-refractivity contribution in [1.29, 1.82) is 0 Å². The highest BCUT2D eigenvalue weighted by atomic mass is 79.9. The van der Waals surface area contributed by atoms with Gasteiger partial charge < -0.3 is 4.90 Å². The minimum absolute atomic E-state index is 0.287. The Hall–Kier alpha value is -0.710. The lowest BCUT2D eigenvalue weighted by atomic mass is 10.3. The minimum atomic E-state index is -0.287. The van der Waals surface area contributed by atoms with Gasteiger partial charge in [-0.1, -0.05) is 15.9 Å². The van der Waals surface area contributed by atoms with Crippen molar-refractivity contribution in [2.24, 2.45) is 0 Å². The van der Waals surface area contributed by atoms with Crippen LogP contribution in [0.25, 0.3) is 0 Å². The van der Waals surface area contributed by atoms with E-state index in [1.165, 1.54) is 6.33 Å². The molecule has 0 spiro atoms. The molecule has 0 saturated heterocycles. The summed E-state index contributed by atoms with van der Waals surface area (Å²) < 4.78 is 13.8. The Morgan fingerprint density at radius 1 is 1.53 bits per heavy atom. The van der Waals surface area contributed by atoms with Gasteiger partial charge in [0.2, 0.25) is 0 Å². The normalized spacial score (nSPS) is 15.4. The molecule has 0 unspecified atom stereocenters. The van der Waals surface area contributed by atoms with Crippen molar-refractivity contribution in [1.82, 2.24) is 9.97 Å². The molecule has 0 radical (unpaired) electrons. The van der Waals surface area contributed by atoms with Gasteiger partial charge in [0.05, 0.1) is 5.69 Å². The quantitative estimate of drug-likeness (QED) is 0.789. The zero-order valence-corrected chi connectivity index (χ0v) is 10.2. The Balaban J connectivity index is 2.28. The molecule has 0 N–H and O–H groups in total. The van der Waals surface area contributed by atoms with Gasteiger partial charge in [-0.3, -0.25) is 0 Å². The summed E-state index contributed by atoms with van der Waals surface area (Å²) in [7, 11) is 0. The van der Waals surface area contributed by atoms with E-state index in [0.717, 1.165) is 24.7 Å². The van der Waals surface area contributed by atoms with Crippen LogP contribution >= 0.6 is 15.9 Å². The van der Waals surface area contributed by atoms with Crippen LogP contribution in [0.1, 0.15) is 18.5 Å². The highest BCUT2D eigenvalue weighted by Crippen LogP contribution is 2.31. The summed E-state index contributed by atoms with van der Waals surface area (Å²) in [6.07, 6.45) is 3.70. The molecule has 1 aliphatic rings. The summed E-state index contributed by atoms with van der Waals surface area (Å²) in [4.78, 5) is 9.90. The number of aryl methyl sites for hydroxylation is 1. The van der Waals surface area contributed by atoms with E-state index < -0.39 is 0 Å². The van der Waals surface area contributed by atoms with Crippen LogP contribution in [0.4, 0.5) is 10.2 Å². The molecule has 1 saturated carbocycles. The fourth-order valence-corrected chi connectivity index (χ4v) is 1.97. The van der Waals surface area contributed by atoms with Crippen molar-refractivity contribution in [3.63, 3.8) is 0 Å². The van der Waals surface area contributed by atoms with E-state index in [-0.39, 0.29) is 5.82 Å². The molecule has 5 heteroatoms. The monoisotopic (exact) mass is 273 g/mol. The molecule has 0 amide bonds. The van der Waals surface area contributed by atoms with Gasteiger partial charge in [-0.2, -0.15) is 0 Å². The summed E-state index contributed by atoms with van der Waals surface area (Å²) in [6.45, 7) is 2.46. The number of alkyl halides is 1. The van der Waals surface area contributed by atoms with Crippen LogP contribution in [0.2, 0.25) is 0 Å². The first-order valence-corrected chi connectivity index (χ1v) is 6.16. The van der Waals surface area contributed by atoms with Crippen molar-refractivity contribution >= 4 is 21.7 Å². The lowest BCUT2D eigenvalue weighted by Crippen LogP contribution is -2.29. The first-order valence-electron chi connectivity index (χ1n) is 5.03. The average Bonchev–Trinajstić information content (AvgIpc) is 3.03. The van der Waals surface area contributed by atoms with E-state index in [1.807, 2.05) is 4.90 Å². The zero-order valence-electron chi connectivity index (χ0n) is 8.58.